The molecule has 25 heavy (non-hydrogen) atoms. The maximum atomic E-state index is 12.1. The van der Waals surface area contributed by atoms with Gasteiger partial charge in [-0.05, 0) is 44.9 Å². The van der Waals surface area contributed by atoms with Crippen molar-refractivity contribution in [2.75, 3.05) is 39.3 Å². The van der Waals surface area contributed by atoms with Crippen molar-refractivity contribution in [1.29, 1.82) is 0 Å². The standard InChI is InChI=1S/C19H32N4O2/c24-18-4-1-2-10-22(18)16-6-12-20(13-7-16)21-14-8-17(9-15-21)23-11-3-5-19(23)25/h16-17H,1-15H2. The molecular formula is C19H32N4O2. The summed E-state index contributed by atoms with van der Waals surface area (Å²) >= 11 is 0. The lowest BCUT2D eigenvalue weighted by atomic mass is 9.99. The molecule has 4 fully saturated rings. The zero-order valence-electron chi connectivity index (χ0n) is 15.4. The number of rotatable bonds is 3. The third-order valence-corrected chi connectivity index (χ3v) is 6.63. The fraction of sp³-hybridized carbons (Fsp3) is 0.895. The lowest BCUT2D eigenvalue weighted by Gasteiger charge is -2.46. The molecule has 4 rings (SSSR count). The quantitative estimate of drug-likeness (QED) is 0.775. The van der Waals surface area contributed by atoms with Crippen molar-refractivity contribution in [2.45, 2.75) is 69.9 Å². The van der Waals surface area contributed by atoms with Crippen LogP contribution in [0.1, 0.15) is 57.8 Å². The van der Waals surface area contributed by atoms with E-state index in [1.807, 2.05) is 0 Å². The molecule has 0 spiro atoms. The van der Waals surface area contributed by atoms with Gasteiger partial charge >= 0.3 is 0 Å². The minimum absolute atomic E-state index is 0.366. The minimum atomic E-state index is 0.366. The highest BCUT2D eigenvalue weighted by Crippen LogP contribution is 2.26. The molecule has 0 bridgehead atoms. The molecule has 6 nitrogen and oxygen atoms in total. The van der Waals surface area contributed by atoms with Gasteiger partial charge in [0.05, 0.1) is 0 Å². The smallest absolute Gasteiger partial charge is 0.222 e. The van der Waals surface area contributed by atoms with Crippen LogP contribution in [0.5, 0.6) is 0 Å². The normalized spacial score (nSPS) is 29.0. The molecule has 6 heteroatoms. The molecule has 4 aliphatic rings. The van der Waals surface area contributed by atoms with Crippen LogP contribution in [0.4, 0.5) is 0 Å². The first-order chi connectivity index (χ1) is 12.2. The Morgan fingerprint density at radius 3 is 1.44 bits per heavy atom. The molecule has 0 saturated carbocycles. The van der Waals surface area contributed by atoms with Crippen molar-refractivity contribution in [1.82, 2.24) is 19.8 Å². The van der Waals surface area contributed by atoms with Gasteiger partial charge in [-0.3, -0.25) is 9.59 Å². The third kappa shape index (κ3) is 3.70. The van der Waals surface area contributed by atoms with Crippen LogP contribution in [-0.4, -0.2) is 83.0 Å². The number of amides is 2. The van der Waals surface area contributed by atoms with Crippen LogP contribution < -0.4 is 0 Å². The van der Waals surface area contributed by atoms with Gasteiger partial charge in [0.25, 0.3) is 0 Å². The number of hydrogen-bond donors (Lipinski definition) is 0. The van der Waals surface area contributed by atoms with Gasteiger partial charge in [-0.2, -0.15) is 0 Å². The molecular weight excluding hydrogens is 316 g/mol. The molecule has 0 aromatic heterocycles. The number of likely N-dealkylation sites (tertiary alicyclic amines) is 2. The summed E-state index contributed by atoms with van der Waals surface area (Å²) in [4.78, 5) is 28.4. The van der Waals surface area contributed by atoms with E-state index in [1.165, 1.54) is 6.42 Å². The highest BCUT2D eigenvalue weighted by molar-refractivity contribution is 5.78. The monoisotopic (exact) mass is 348 g/mol. The van der Waals surface area contributed by atoms with Crippen LogP contribution in [-0.2, 0) is 9.59 Å². The number of hydrazine groups is 1. The van der Waals surface area contributed by atoms with E-state index < -0.39 is 0 Å². The van der Waals surface area contributed by atoms with Gasteiger partial charge in [0.1, 0.15) is 0 Å². The molecule has 0 aliphatic carbocycles. The summed E-state index contributed by atoms with van der Waals surface area (Å²) in [7, 11) is 0. The lowest BCUT2D eigenvalue weighted by Crippen LogP contribution is -2.56. The summed E-state index contributed by atoms with van der Waals surface area (Å²) in [5.74, 6) is 0.742. The number of piperidine rings is 3. The Morgan fingerprint density at radius 2 is 1.00 bits per heavy atom. The molecule has 0 aromatic carbocycles. The molecule has 4 aliphatic heterocycles. The SMILES string of the molecule is O=C1CCCCN1C1CCN(N2CCC(N3CCCC3=O)CC2)CC1. The first-order valence-corrected chi connectivity index (χ1v) is 10.3. The van der Waals surface area contributed by atoms with E-state index in [9.17, 15) is 9.59 Å². The first kappa shape index (κ1) is 17.3. The molecule has 0 unspecified atom stereocenters. The van der Waals surface area contributed by atoms with Crippen LogP contribution in [0.25, 0.3) is 0 Å². The largest absolute Gasteiger partial charge is 0.340 e. The van der Waals surface area contributed by atoms with Crippen molar-refractivity contribution < 1.29 is 9.59 Å². The average molecular weight is 348 g/mol. The van der Waals surface area contributed by atoms with Crippen LogP contribution in [0.3, 0.4) is 0 Å². The van der Waals surface area contributed by atoms with Gasteiger partial charge in [-0.15, -0.1) is 0 Å². The molecule has 0 N–H and O–H groups in total. The third-order valence-electron chi connectivity index (χ3n) is 6.63. The zero-order chi connectivity index (χ0) is 17.2. The van der Waals surface area contributed by atoms with E-state index in [2.05, 4.69) is 19.8 Å². The van der Waals surface area contributed by atoms with Gasteiger partial charge in [-0.25, -0.2) is 10.0 Å². The Morgan fingerprint density at radius 1 is 0.560 bits per heavy atom. The van der Waals surface area contributed by atoms with Crippen LogP contribution >= 0.6 is 0 Å². The van der Waals surface area contributed by atoms with Gasteiger partial charge in [0.2, 0.25) is 11.8 Å². The van der Waals surface area contributed by atoms with Crippen molar-refractivity contribution in [3.8, 4) is 0 Å². The second-order valence-electron chi connectivity index (χ2n) is 8.10. The molecule has 0 aromatic rings. The van der Waals surface area contributed by atoms with Gasteiger partial charge in [0.15, 0.2) is 0 Å². The molecule has 4 saturated heterocycles. The Balaban J connectivity index is 1.23. The molecule has 140 valence electrons. The fourth-order valence-corrected chi connectivity index (χ4v) is 5.16. The van der Waals surface area contributed by atoms with Crippen molar-refractivity contribution in [3.63, 3.8) is 0 Å². The van der Waals surface area contributed by atoms with E-state index in [1.54, 1.807) is 0 Å². The minimum Gasteiger partial charge on any atom is -0.340 e. The predicted octanol–water partition coefficient (Wildman–Crippen LogP) is 1.47. The maximum absolute atomic E-state index is 12.1. The fourth-order valence-electron chi connectivity index (χ4n) is 5.16. The van der Waals surface area contributed by atoms with E-state index in [-0.39, 0.29) is 0 Å². The highest BCUT2D eigenvalue weighted by atomic mass is 16.2. The van der Waals surface area contributed by atoms with Crippen molar-refractivity contribution in [3.05, 3.63) is 0 Å². The van der Waals surface area contributed by atoms with Gasteiger partial charge < -0.3 is 9.80 Å². The molecule has 2 amide bonds. The molecule has 4 heterocycles. The second-order valence-corrected chi connectivity index (χ2v) is 8.10. The lowest BCUT2D eigenvalue weighted by molar-refractivity contribution is -0.140. The highest BCUT2D eigenvalue weighted by Gasteiger charge is 2.34. The summed E-state index contributed by atoms with van der Waals surface area (Å²) in [6.45, 7) is 6.23. The second kappa shape index (κ2) is 7.62. The number of nitrogens with zero attached hydrogens (tertiary/aromatic N) is 4. The van der Waals surface area contributed by atoms with E-state index >= 15 is 0 Å². The van der Waals surface area contributed by atoms with E-state index in [0.29, 0.717) is 23.9 Å². The van der Waals surface area contributed by atoms with E-state index in [4.69, 9.17) is 0 Å². The number of carbonyl (C=O) groups excluding carboxylic acids is 2. The summed E-state index contributed by atoms with van der Waals surface area (Å²) in [6, 6.07) is 0.929. The summed E-state index contributed by atoms with van der Waals surface area (Å²) in [5.41, 5.74) is 0. The van der Waals surface area contributed by atoms with Crippen LogP contribution in [0.15, 0.2) is 0 Å². The Labute approximate surface area is 151 Å². The Hall–Kier alpha value is -1.14. The number of carbonyl (C=O) groups is 2. The van der Waals surface area contributed by atoms with Crippen molar-refractivity contribution in [2.24, 2.45) is 0 Å². The predicted molar refractivity (Wildman–Crippen MR) is 95.7 cm³/mol. The van der Waals surface area contributed by atoms with Gasteiger partial charge in [0, 0.05) is 64.2 Å². The maximum Gasteiger partial charge on any atom is 0.222 e. The Bertz CT molecular complexity index is 496. The topological polar surface area (TPSA) is 47.1 Å². The van der Waals surface area contributed by atoms with Gasteiger partial charge in [-0.1, -0.05) is 0 Å². The Kier molecular flexibility index (Phi) is 5.27. The van der Waals surface area contributed by atoms with Crippen LogP contribution in [0, 0.1) is 0 Å². The molecule has 0 radical (unpaired) electrons. The zero-order valence-corrected chi connectivity index (χ0v) is 15.4. The molecule has 0 atom stereocenters. The summed E-state index contributed by atoms with van der Waals surface area (Å²) in [6.07, 6.45) is 9.23. The average Bonchev–Trinajstić information content (AvgIpc) is 3.08. The first-order valence-electron chi connectivity index (χ1n) is 10.3. The van der Waals surface area contributed by atoms with Crippen molar-refractivity contribution >= 4 is 11.8 Å². The number of hydrogen-bond acceptors (Lipinski definition) is 4. The summed E-state index contributed by atoms with van der Waals surface area (Å²) < 4.78 is 0. The van der Waals surface area contributed by atoms with Crippen LogP contribution in [0.2, 0.25) is 0 Å². The van der Waals surface area contributed by atoms with E-state index in [0.717, 1.165) is 90.6 Å². The summed E-state index contributed by atoms with van der Waals surface area (Å²) in [5, 5.41) is 5.01.